The Labute approximate surface area is 107 Å². The van der Waals surface area contributed by atoms with Crippen molar-refractivity contribution < 1.29 is 4.79 Å². The maximum atomic E-state index is 11.0. The molecule has 1 heterocycles. The molecule has 1 fully saturated rings. The molecule has 2 N–H and O–H groups in total. The zero-order valence-corrected chi connectivity index (χ0v) is 11.1. The van der Waals surface area contributed by atoms with E-state index < -0.39 is 0 Å². The van der Waals surface area contributed by atoms with Gasteiger partial charge in [-0.2, -0.15) is 0 Å². The predicted octanol–water partition coefficient (Wildman–Crippen LogP) is 0.135. The molecule has 1 amide bonds. The third-order valence-electron chi connectivity index (χ3n) is 3.13. The summed E-state index contributed by atoms with van der Waals surface area (Å²) in [7, 11) is 4.11. The van der Waals surface area contributed by atoms with Gasteiger partial charge in [-0.3, -0.25) is 4.79 Å². The van der Waals surface area contributed by atoms with Crippen LogP contribution in [0.1, 0.15) is 36.6 Å². The van der Waals surface area contributed by atoms with E-state index in [4.69, 9.17) is 5.73 Å². The lowest BCUT2D eigenvalue weighted by Gasteiger charge is -2.10. The van der Waals surface area contributed by atoms with Gasteiger partial charge in [-0.15, -0.1) is 5.10 Å². The molecular weight excluding hydrogens is 230 g/mol. The summed E-state index contributed by atoms with van der Waals surface area (Å²) in [6.45, 7) is 1.88. The van der Waals surface area contributed by atoms with Crippen LogP contribution in [0.5, 0.6) is 0 Å². The van der Waals surface area contributed by atoms with Crippen LogP contribution in [0.25, 0.3) is 0 Å². The number of aryl methyl sites for hydroxylation is 1. The molecule has 0 aliphatic heterocycles. The Morgan fingerprint density at radius 3 is 2.78 bits per heavy atom. The van der Waals surface area contributed by atoms with E-state index >= 15 is 0 Å². The van der Waals surface area contributed by atoms with Crippen LogP contribution in [-0.4, -0.2) is 46.4 Å². The summed E-state index contributed by atoms with van der Waals surface area (Å²) in [5.41, 5.74) is 7.15. The molecule has 1 aromatic rings. The first-order chi connectivity index (χ1) is 8.58. The molecule has 0 bridgehead atoms. The van der Waals surface area contributed by atoms with Crippen molar-refractivity contribution in [2.24, 2.45) is 5.73 Å². The number of nitrogens with zero attached hydrogens (tertiary/aromatic N) is 4. The minimum absolute atomic E-state index is 0.208. The number of amides is 1. The topological polar surface area (TPSA) is 77.0 Å². The molecule has 1 aliphatic rings. The number of carbonyl (C=O) groups excluding carboxylic acids is 1. The molecule has 0 radical (unpaired) electrons. The van der Waals surface area contributed by atoms with Crippen molar-refractivity contribution in [2.45, 2.75) is 38.1 Å². The van der Waals surface area contributed by atoms with Crippen molar-refractivity contribution in [3.63, 3.8) is 0 Å². The maximum Gasteiger partial charge on any atom is 0.223 e. The number of hydrogen-bond acceptors (Lipinski definition) is 4. The fraction of sp³-hybridized carbons (Fsp3) is 0.750. The van der Waals surface area contributed by atoms with E-state index in [1.165, 1.54) is 12.8 Å². The van der Waals surface area contributed by atoms with Crippen LogP contribution in [-0.2, 0) is 17.8 Å². The molecule has 0 spiro atoms. The SMILES string of the molecule is CN(C)CCCn1nnc(CC(N)=O)c1C1CC1. The minimum Gasteiger partial charge on any atom is -0.369 e. The maximum absolute atomic E-state index is 11.0. The Kier molecular flexibility index (Phi) is 3.96. The largest absolute Gasteiger partial charge is 0.369 e. The molecule has 0 unspecified atom stereocenters. The van der Waals surface area contributed by atoms with Crippen LogP contribution in [0.4, 0.5) is 0 Å². The van der Waals surface area contributed by atoms with E-state index in [0.717, 1.165) is 30.9 Å². The van der Waals surface area contributed by atoms with Crippen LogP contribution < -0.4 is 5.73 Å². The van der Waals surface area contributed by atoms with Crippen LogP contribution in [0.15, 0.2) is 0 Å². The van der Waals surface area contributed by atoms with Crippen molar-refractivity contribution in [2.75, 3.05) is 20.6 Å². The predicted molar refractivity (Wildman–Crippen MR) is 68.1 cm³/mol. The summed E-state index contributed by atoms with van der Waals surface area (Å²) >= 11 is 0. The second kappa shape index (κ2) is 5.48. The fourth-order valence-electron chi connectivity index (χ4n) is 2.15. The zero-order valence-electron chi connectivity index (χ0n) is 11.1. The summed E-state index contributed by atoms with van der Waals surface area (Å²) in [5, 5.41) is 8.28. The molecule has 6 heteroatoms. The second-order valence-corrected chi connectivity index (χ2v) is 5.22. The lowest BCUT2D eigenvalue weighted by atomic mass is 10.1. The van der Waals surface area contributed by atoms with Crippen molar-refractivity contribution in [1.82, 2.24) is 19.9 Å². The third kappa shape index (κ3) is 3.29. The van der Waals surface area contributed by atoms with Gasteiger partial charge in [-0.25, -0.2) is 4.68 Å². The molecule has 0 aromatic carbocycles. The molecule has 18 heavy (non-hydrogen) atoms. The first-order valence-electron chi connectivity index (χ1n) is 6.43. The number of nitrogens with two attached hydrogens (primary N) is 1. The van der Waals surface area contributed by atoms with Gasteiger partial charge in [0.15, 0.2) is 0 Å². The average Bonchev–Trinajstić information content (AvgIpc) is 3.02. The molecule has 1 aliphatic carbocycles. The highest BCUT2D eigenvalue weighted by atomic mass is 16.1. The first kappa shape index (κ1) is 13.0. The highest BCUT2D eigenvalue weighted by Crippen LogP contribution is 2.41. The van der Waals surface area contributed by atoms with Gasteiger partial charge in [-0.1, -0.05) is 5.21 Å². The number of primary amides is 1. The highest BCUT2D eigenvalue weighted by Gasteiger charge is 2.31. The van der Waals surface area contributed by atoms with Gasteiger partial charge in [-0.05, 0) is 39.9 Å². The fourth-order valence-corrected chi connectivity index (χ4v) is 2.15. The summed E-state index contributed by atoms with van der Waals surface area (Å²) < 4.78 is 1.96. The van der Waals surface area contributed by atoms with E-state index in [-0.39, 0.29) is 12.3 Å². The van der Waals surface area contributed by atoms with E-state index in [1.807, 2.05) is 4.68 Å². The standard InChI is InChI=1S/C12H21N5O/c1-16(2)6-3-7-17-12(9-4-5-9)10(14-15-17)8-11(13)18/h9H,3-8H2,1-2H3,(H2,13,18). The summed E-state index contributed by atoms with van der Waals surface area (Å²) in [6.07, 6.45) is 3.59. The van der Waals surface area contributed by atoms with E-state index in [1.54, 1.807) is 0 Å². The van der Waals surface area contributed by atoms with Gasteiger partial charge in [0.25, 0.3) is 0 Å². The van der Waals surface area contributed by atoms with Crippen molar-refractivity contribution >= 4 is 5.91 Å². The van der Waals surface area contributed by atoms with Crippen LogP contribution in [0.2, 0.25) is 0 Å². The number of carbonyl (C=O) groups is 1. The van der Waals surface area contributed by atoms with Gasteiger partial charge >= 0.3 is 0 Å². The second-order valence-electron chi connectivity index (χ2n) is 5.22. The molecule has 100 valence electrons. The molecular formula is C12H21N5O. The Morgan fingerprint density at radius 2 is 2.22 bits per heavy atom. The quantitative estimate of drug-likeness (QED) is 0.747. The average molecular weight is 251 g/mol. The zero-order chi connectivity index (χ0) is 13.1. The van der Waals surface area contributed by atoms with Crippen molar-refractivity contribution in [3.05, 3.63) is 11.4 Å². The lowest BCUT2D eigenvalue weighted by molar-refractivity contribution is -0.117. The summed E-state index contributed by atoms with van der Waals surface area (Å²) in [4.78, 5) is 13.2. The Hall–Kier alpha value is -1.43. The Balaban J connectivity index is 2.05. The van der Waals surface area contributed by atoms with Gasteiger partial charge in [0.05, 0.1) is 17.8 Å². The highest BCUT2D eigenvalue weighted by molar-refractivity contribution is 5.76. The smallest absolute Gasteiger partial charge is 0.223 e. The van der Waals surface area contributed by atoms with Gasteiger partial charge < -0.3 is 10.6 Å². The number of rotatable bonds is 7. The summed E-state index contributed by atoms with van der Waals surface area (Å²) in [5.74, 6) is 0.200. The van der Waals surface area contributed by atoms with E-state index in [2.05, 4.69) is 29.3 Å². The van der Waals surface area contributed by atoms with E-state index in [9.17, 15) is 4.79 Å². The molecule has 0 atom stereocenters. The molecule has 1 saturated carbocycles. The van der Waals surface area contributed by atoms with Gasteiger partial charge in [0.2, 0.25) is 5.91 Å². The first-order valence-corrected chi connectivity index (χ1v) is 6.43. The molecule has 2 rings (SSSR count). The van der Waals surface area contributed by atoms with E-state index in [0.29, 0.717) is 5.92 Å². The van der Waals surface area contributed by atoms with Crippen molar-refractivity contribution in [1.29, 1.82) is 0 Å². The normalized spacial score (nSPS) is 15.3. The number of aromatic nitrogens is 3. The Morgan fingerprint density at radius 1 is 1.50 bits per heavy atom. The van der Waals surface area contributed by atoms with Gasteiger partial charge in [0, 0.05) is 12.5 Å². The molecule has 0 saturated heterocycles. The minimum atomic E-state index is -0.336. The number of hydrogen-bond donors (Lipinski definition) is 1. The van der Waals surface area contributed by atoms with Gasteiger partial charge in [0.1, 0.15) is 0 Å². The van der Waals surface area contributed by atoms with Crippen LogP contribution in [0.3, 0.4) is 0 Å². The lowest BCUT2D eigenvalue weighted by Crippen LogP contribution is -2.17. The molecule has 1 aromatic heterocycles. The third-order valence-corrected chi connectivity index (χ3v) is 3.13. The molecule has 6 nitrogen and oxygen atoms in total. The van der Waals surface area contributed by atoms with Crippen LogP contribution in [0, 0.1) is 0 Å². The summed E-state index contributed by atoms with van der Waals surface area (Å²) in [6, 6.07) is 0. The van der Waals surface area contributed by atoms with Crippen LogP contribution >= 0.6 is 0 Å². The van der Waals surface area contributed by atoms with Crippen molar-refractivity contribution in [3.8, 4) is 0 Å². The Bertz CT molecular complexity index is 422. The monoisotopic (exact) mass is 251 g/mol.